The predicted molar refractivity (Wildman–Crippen MR) is 102 cm³/mol. The Bertz CT molecular complexity index is 1090. The fraction of sp³-hybridized carbons (Fsp3) is 0.0952. The van der Waals surface area contributed by atoms with E-state index in [1.165, 1.54) is 6.07 Å². The van der Waals surface area contributed by atoms with Crippen LogP contribution in [0.25, 0.3) is 33.4 Å². The summed E-state index contributed by atoms with van der Waals surface area (Å²) in [4.78, 5) is 13.4. The topological polar surface area (TPSA) is 50.7 Å². The fourth-order valence-electron chi connectivity index (χ4n) is 3.02. The smallest absolute Gasteiger partial charge is 0.163 e. The van der Waals surface area contributed by atoms with Crippen molar-refractivity contribution in [2.24, 2.45) is 0 Å². The van der Waals surface area contributed by atoms with Gasteiger partial charge in [-0.3, -0.25) is 4.98 Å². The molecule has 0 aliphatic rings. The van der Waals surface area contributed by atoms with Crippen LogP contribution in [-0.4, -0.2) is 22.0 Å². The lowest BCUT2D eigenvalue weighted by atomic mass is 9.99. The molecule has 0 radical (unpaired) electrons. The number of hydrogen-bond donors (Lipinski definition) is 1. The van der Waals surface area contributed by atoms with Crippen LogP contribution in [0.1, 0.15) is 5.56 Å². The van der Waals surface area contributed by atoms with Gasteiger partial charge in [-0.05, 0) is 60.0 Å². The lowest BCUT2D eigenvalue weighted by molar-refractivity contribution is 0.628. The third-order valence-corrected chi connectivity index (χ3v) is 4.36. The molecule has 4 rings (SSSR count). The lowest BCUT2D eigenvalue weighted by Crippen LogP contribution is -1.99. The van der Waals surface area contributed by atoms with E-state index in [2.05, 4.69) is 15.3 Å². The largest absolute Gasteiger partial charge is 0.373 e. The van der Waals surface area contributed by atoms with Crippen molar-refractivity contribution < 1.29 is 4.39 Å². The molecule has 2 aromatic carbocycles. The first-order valence-electron chi connectivity index (χ1n) is 8.32. The Morgan fingerprint density at radius 3 is 2.62 bits per heavy atom. The third-order valence-electron chi connectivity index (χ3n) is 4.36. The van der Waals surface area contributed by atoms with Crippen LogP contribution in [0.5, 0.6) is 0 Å². The van der Waals surface area contributed by atoms with Crippen LogP contribution < -0.4 is 5.32 Å². The van der Waals surface area contributed by atoms with Crippen molar-refractivity contribution in [3.8, 4) is 22.5 Å². The van der Waals surface area contributed by atoms with E-state index in [4.69, 9.17) is 4.98 Å². The minimum Gasteiger partial charge on any atom is -0.373 e. The normalized spacial score (nSPS) is 10.9. The van der Waals surface area contributed by atoms with Crippen LogP contribution in [0.4, 0.5) is 10.2 Å². The molecule has 1 N–H and O–H groups in total. The molecular weight excluding hydrogens is 327 g/mol. The molecule has 0 bridgehead atoms. The van der Waals surface area contributed by atoms with Crippen LogP contribution >= 0.6 is 0 Å². The fourth-order valence-corrected chi connectivity index (χ4v) is 3.02. The molecule has 0 saturated heterocycles. The number of hydrogen-bond acceptors (Lipinski definition) is 4. The average Bonchev–Trinajstić information content (AvgIpc) is 2.69. The Morgan fingerprint density at radius 2 is 1.85 bits per heavy atom. The van der Waals surface area contributed by atoms with E-state index in [9.17, 15) is 4.39 Å². The Morgan fingerprint density at radius 1 is 0.962 bits per heavy atom. The van der Waals surface area contributed by atoms with Crippen molar-refractivity contribution in [1.82, 2.24) is 15.0 Å². The number of rotatable bonds is 3. The monoisotopic (exact) mass is 344 g/mol. The number of aromatic nitrogens is 3. The predicted octanol–water partition coefficient (Wildman–Crippen LogP) is 4.85. The first-order valence-corrected chi connectivity index (χ1v) is 8.32. The molecule has 0 aliphatic heterocycles. The Labute approximate surface area is 150 Å². The zero-order valence-electron chi connectivity index (χ0n) is 14.5. The van der Waals surface area contributed by atoms with Crippen LogP contribution in [-0.2, 0) is 0 Å². The van der Waals surface area contributed by atoms with Gasteiger partial charge in [0.25, 0.3) is 0 Å². The van der Waals surface area contributed by atoms with Crippen molar-refractivity contribution >= 4 is 16.7 Å². The summed E-state index contributed by atoms with van der Waals surface area (Å²) in [6.07, 6.45) is 3.45. The summed E-state index contributed by atoms with van der Waals surface area (Å²) in [6, 6.07) is 14.5. The summed E-state index contributed by atoms with van der Waals surface area (Å²) in [7, 11) is 1.83. The molecule has 0 fully saturated rings. The number of nitrogens with zero attached hydrogens (tertiary/aromatic N) is 3. The first kappa shape index (κ1) is 16.1. The van der Waals surface area contributed by atoms with Gasteiger partial charge < -0.3 is 5.32 Å². The lowest BCUT2D eigenvalue weighted by Gasteiger charge is -2.11. The molecule has 0 atom stereocenters. The minimum absolute atomic E-state index is 0.250. The summed E-state index contributed by atoms with van der Waals surface area (Å²) >= 11 is 0. The maximum atomic E-state index is 13.7. The molecule has 4 aromatic rings. The summed E-state index contributed by atoms with van der Waals surface area (Å²) in [5.41, 5.74) is 4.44. The molecule has 2 heterocycles. The molecule has 4 nitrogen and oxygen atoms in total. The number of nitrogens with one attached hydrogen (secondary N) is 1. The number of aryl methyl sites for hydroxylation is 1. The average molecular weight is 344 g/mol. The summed E-state index contributed by atoms with van der Waals surface area (Å²) in [5.74, 6) is 1.10. The molecule has 0 spiro atoms. The molecule has 0 amide bonds. The SMILES string of the molecule is CNc1nc(-c2cccnc2)nc2cc(-c3cc(F)ccc3C)ccc12. The summed E-state index contributed by atoms with van der Waals surface area (Å²) < 4.78 is 13.7. The van der Waals surface area contributed by atoms with Crippen LogP contribution in [0, 0.1) is 12.7 Å². The van der Waals surface area contributed by atoms with Crippen molar-refractivity contribution in [2.75, 3.05) is 12.4 Å². The second-order valence-corrected chi connectivity index (χ2v) is 6.08. The van der Waals surface area contributed by atoms with E-state index in [-0.39, 0.29) is 5.82 Å². The summed E-state index contributed by atoms with van der Waals surface area (Å²) in [5, 5.41) is 4.04. The highest BCUT2D eigenvalue weighted by molar-refractivity contribution is 5.93. The Balaban J connectivity index is 1.93. The van der Waals surface area contributed by atoms with E-state index in [0.717, 1.165) is 39.0 Å². The van der Waals surface area contributed by atoms with E-state index >= 15 is 0 Å². The Kier molecular flexibility index (Phi) is 4.05. The number of pyridine rings is 1. The number of halogens is 1. The number of fused-ring (bicyclic) bond motifs is 1. The zero-order chi connectivity index (χ0) is 18.1. The van der Waals surface area contributed by atoms with Gasteiger partial charge in [0, 0.05) is 30.4 Å². The molecule has 0 unspecified atom stereocenters. The highest BCUT2D eigenvalue weighted by Crippen LogP contribution is 2.30. The highest BCUT2D eigenvalue weighted by atomic mass is 19.1. The van der Waals surface area contributed by atoms with Crippen LogP contribution in [0.2, 0.25) is 0 Å². The van der Waals surface area contributed by atoms with Gasteiger partial charge in [0.15, 0.2) is 5.82 Å². The first-order chi connectivity index (χ1) is 12.7. The van der Waals surface area contributed by atoms with Crippen molar-refractivity contribution in [2.45, 2.75) is 6.92 Å². The van der Waals surface area contributed by atoms with Gasteiger partial charge in [-0.15, -0.1) is 0 Å². The molecule has 128 valence electrons. The minimum atomic E-state index is -0.250. The zero-order valence-corrected chi connectivity index (χ0v) is 14.5. The molecular formula is C21H17FN4. The summed E-state index contributed by atoms with van der Waals surface area (Å²) in [6.45, 7) is 1.97. The van der Waals surface area contributed by atoms with Gasteiger partial charge in [0.05, 0.1) is 5.52 Å². The van der Waals surface area contributed by atoms with Gasteiger partial charge in [-0.2, -0.15) is 0 Å². The standard InChI is InChI=1S/C21H17FN4/c1-13-5-7-16(22)11-18(13)14-6-8-17-19(10-14)25-20(26-21(17)23-2)15-4-3-9-24-12-15/h3-12H,1-2H3,(H,23,25,26). The quantitative estimate of drug-likeness (QED) is 0.577. The van der Waals surface area contributed by atoms with Gasteiger partial charge >= 0.3 is 0 Å². The van der Waals surface area contributed by atoms with Crippen molar-refractivity contribution in [3.05, 3.63) is 72.3 Å². The van der Waals surface area contributed by atoms with Crippen LogP contribution in [0.3, 0.4) is 0 Å². The van der Waals surface area contributed by atoms with Gasteiger partial charge in [0.1, 0.15) is 11.6 Å². The third kappa shape index (κ3) is 2.88. The maximum absolute atomic E-state index is 13.7. The van der Waals surface area contributed by atoms with Crippen molar-refractivity contribution in [1.29, 1.82) is 0 Å². The Hall–Kier alpha value is -3.34. The van der Waals surface area contributed by atoms with E-state index in [1.807, 2.05) is 44.3 Å². The van der Waals surface area contributed by atoms with Crippen LogP contribution in [0.15, 0.2) is 60.9 Å². The van der Waals surface area contributed by atoms with Gasteiger partial charge in [0.2, 0.25) is 0 Å². The molecule has 2 aromatic heterocycles. The van der Waals surface area contributed by atoms with E-state index in [1.54, 1.807) is 24.5 Å². The van der Waals surface area contributed by atoms with E-state index in [0.29, 0.717) is 5.82 Å². The second-order valence-electron chi connectivity index (χ2n) is 6.08. The second kappa shape index (κ2) is 6.52. The number of anilines is 1. The molecule has 0 aliphatic carbocycles. The van der Waals surface area contributed by atoms with Gasteiger partial charge in [-0.1, -0.05) is 12.1 Å². The molecule has 26 heavy (non-hydrogen) atoms. The molecule has 5 heteroatoms. The van der Waals surface area contributed by atoms with E-state index < -0.39 is 0 Å². The molecule has 0 saturated carbocycles. The highest BCUT2D eigenvalue weighted by Gasteiger charge is 2.11. The number of benzene rings is 2. The van der Waals surface area contributed by atoms with Crippen molar-refractivity contribution in [3.63, 3.8) is 0 Å². The maximum Gasteiger partial charge on any atom is 0.163 e. The van der Waals surface area contributed by atoms with Gasteiger partial charge in [-0.25, -0.2) is 14.4 Å².